The van der Waals surface area contributed by atoms with Gasteiger partial charge in [-0.3, -0.25) is 0 Å². The Morgan fingerprint density at radius 3 is 2.03 bits per heavy atom. The number of aromatic nitrogens is 4. The lowest BCUT2D eigenvalue weighted by molar-refractivity contribution is 0.596. The van der Waals surface area contributed by atoms with Crippen molar-refractivity contribution in [2.24, 2.45) is 0 Å². The zero-order valence-corrected chi connectivity index (χ0v) is 21.8. The maximum absolute atomic E-state index is 13.3. The summed E-state index contributed by atoms with van der Waals surface area (Å²) in [4.78, 5) is 13.3. The van der Waals surface area contributed by atoms with Gasteiger partial charge in [0.1, 0.15) is 0 Å². The second kappa shape index (κ2) is 9.37. The fourth-order valence-electron chi connectivity index (χ4n) is 3.98. The number of halogens is 3. The van der Waals surface area contributed by atoms with Crippen molar-refractivity contribution in [1.29, 1.82) is 0 Å². The molecule has 0 radical (unpaired) electrons. The lowest BCUT2D eigenvalue weighted by Crippen LogP contribution is -2.23. The van der Waals surface area contributed by atoms with Crippen LogP contribution in [0.2, 0.25) is 15.1 Å². The highest BCUT2D eigenvalue weighted by Gasteiger charge is 2.21. The summed E-state index contributed by atoms with van der Waals surface area (Å²) in [6.07, 6.45) is 2.69. The van der Waals surface area contributed by atoms with Gasteiger partial charge in [-0.25, -0.2) is 17.9 Å². The first-order valence-corrected chi connectivity index (χ1v) is 13.6. The van der Waals surface area contributed by atoms with Gasteiger partial charge in [-0.05, 0) is 53.1 Å². The van der Waals surface area contributed by atoms with Crippen LogP contribution >= 0.6 is 34.8 Å². The van der Waals surface area contributed by atoms with Gasteiger partial charge in [0, 0.05) is 32.5 Å². The number of rotatable bonds is 5. The Labute approximate surface area is 221 Å². The van der Waals surface area contributed by atoms with Crippen molar-refractivity contribution in [2.75, 3.05) is 6.26 Å². The number of sulfone groups is 1. The third kappa shape index (κ3) is 4.65. The van der Waals surface area contributed by atoms with Gasteiger partial charge >= 0.3 is 5.69 Å². The molecule has 2 heterocycles. The number of hydrogen-bond donors (Lipinski definition) is 0. The van der Waals surface area contributed by atoms with Crippen molar-refractivity contribution in [2.45, 2.75) is 11.4 Å². The van der Waals surface area contributed by atoms with Gasteiger partial charge in [0.05, 0.1) is 17.6 Å². The van der Waals surface area contributed by atoms with Crippen LogP contribution < -0.4 is 5.69 Å². The maximum atomic E-state index is 13.3. The Hall–Kier alpha value is -3.17. The van der Waals surface area contributed by atoms with Crippen LogP contribution in [0.4, 0.5) is 0 Å². The Bertz CT molecular complexity index is 1780. The van der Waals surface area contributed by atoms with E-state index in [0.717, 1.165) is 22.9 Å². The van der Waals surface area contributed by atoms with Crippen molar-refractivity contribution < 1.29 is 8.42 Å². The average Bonchev–Trinajstić information content (AvgIpc) is 3.15. The molecule has 5 aromatic rings. The average molecular weight is 560 g/mol. The topological polar surface area (TPSA) is 86.3 Å². The molecular formula is C25H17Cl3N4O3S. The molecule has 0 unspecified atom stereocenters. The normalized spacial score (nSPS) is 11.8. The van der Waals surface area contributed by atoms with Gasteiger partial charge in [0.25, 0.3) is 0 Å². The van der Waals surface area contributed by atoms with E-state index in [2.05, 4.69) is 10.2 Å². The lowest BCUT2D eigenvalue weighted by Gasteiger charge is -2.11. The van der Waals surface area contributed by atoms with Crippen molar-refractivity contribution in [3.8, 4) is 22.3 Å². The highest BCUT2D eigenvalue weighted by Crippen LogP contribution is 2.35. The molecule has 11 heteroatoms. The molecule has 0 saturated heterocycles. The van der Waals surface area contributed by atoms with E-state index in [4.69, 9.17) is 34.8 Å². The van der Waals surface area contributed by atoms with E-state index >= 15 is 0 Å². The molecule has 0 amide bonds. The third-order valence-electron chi connectivity index (χ3n) is 5.65. The molecule has 0 spiro atoms. The van der Waals surface area contributed by atoms with Gasteiger partial charge in [0.2, 0.25) is 0 Å². The highest BCUT2D eigenvalue weighted by atomic mass is 35.5. The molecule has 0 fully saturated rings. The van der Waals surface area contributed by atoms with Crippen LogP contribution in [-0.4, -0.2) is 34.1 Å². The lowest BCUT2D eigenvalue weighted by atomic mass is 9.97. The van der Waals surface area contributed by atoms with E-state index in [9.17, 15) is 13.2 Å². The van der Waals surface area contributed by atoms with Crippen LogP contribution in [0, 0.1) is 0 Å². The van der Waals surface area contributed by atoms with Crippen molar-refractivity contribution in [3.05, 3.63) is 104 Å². The van der Waals surface area contributed by atoms with E-state index in [1.807, 2.05) is 24.3 Å². The minimum atomic E-state index is -3.59. The molecule has 5 rings (SSSR count). The van der Waals surface area contributed by atoms with E-state index in [1.165, 1.54) is 15.3 Å². The molecule has 2 aromatic heterocycles. The van der Waals surface area contributed by atoms with Gasteiger partial charge < -0.3 is 0 Å². The molecular weight excluding hydrogens is 543 g/mol. The Balaban J connectivity index is 1.74. The Morgan fingerprint density at radius 2 is 1.42 bits per heavy atom. The predicted octanol–water partition coefficient (Wildman–Crippen LogP) is 5.64. The van der Waals surface area contributed by atoms with Gasteiger partial charge in [-0.15, -0.1) is 5.10 Å². The first-order chi connectivity index (χ1) is 17.1. The summed E-state index contributed by atoms with van der Waals surface area (Å²) < 4.78 is 27.1. The minimum absolute atomic E-state index is 0.0340. The van der Waals surface area contributed by atoms with E-state index in [0.29, 0.717) is 26.8 Å². The minimum Gasteiger partial charge on any atom is -0.244 e. The van der Waals surface area contributed by atoms with Crippen molar-refractivity contribution >= 4 is 50.3 Å². The number of nitrogens with zero attached hydrogens (tertiary/aromatic N) is 4. The molecule has 182 valence electrons. The number of hydrogen-bond acceptors (Lipinski definition) is 5. The van der Waals surface area contributed by atoms with Crippen LogP contribution in [0.3, 0.4) is 0 Å². The summed E-state index contributed by atoms with van der Waals surface area (Å²) >= 11 is 18.2. The van der Waals surface area contributed by atoms with Gasteiger partial charge in [-0.1, -0.05) is 65.1 Å². The highest BCUT2D eigenvalue weighted by molar-refractivity contribution is 7.90. The van der Waals surface area contributed by atoms with Crippen LogP contribution in [0.5, 0.6) is 0 Å². The molecule has 0 N–H and O–H groups in total. The van der Waals surface area contributed by atoms with Crippen molar-refractivity contribution in [1.82, 2.24) is 19.4 Å². The van der Waals surface area contributed by atoms with Crippen LogP contribution in [0.25, 0.3) is 27.9 Å². The van der Waals surface area contributed by atoms with Crippen LogP contribution in [0.1, 0.15) is 5.56 Å². The molecule has 0 bridgehead atoms. The quantitative estimate of drug-likeness (QED) is 0.278. The fraction of sp³-hybridized carbons (Fsp3) is 0.0800. The van der Waals surface area contributed by atoms with E-state index < -0.39 is 15.5 Å². The molecule has 36 heavy (non-hydrogen) atoms. The predicted molar refractivity (Wildman–Crippen MR) is 142 cm³/mol. The zero-order valence-electron chi connectivity index (χ0n) is 18.7. The van der Waals surface area contributed by atoms with Crippen molar-refractivity contribution in [3.63, 3.8) is 0 Å². The monoisotopic (exact) mass is 558 g/mol. The first-order valence-electron chi connectivity index (χ1n) is 10.6. The van der Waals surface area contributed by atoms with Crippen LogP contribution in [0.15, 0.2) is 82.6 Å². The second-order valence-corrected chi connectivity index (χ2v) is 11.4. The summed E-state index contributed by atoms with van der Waals surface area (Å²) in [5.41, 5.74) is 3.19. The van der Waals surface area contributed by atoms with Gasteiger partial charge in [-0.2, -0.15) is 9.61 Å². The fourth-order valence-corrected chi connectivity index (χ4v) is 5.42. The maximum Gasteiger partial charge on any atom is 0.367 e. The Kier molecular flexibility index (Phi) is 6.38. The largest absolute Gasteiger partial charge is 0.367 e. The molecule has 0 aliphatic rings. The SMILES string of the molecule is CS(=O)(=O)c1cc(Cl)ccc1Cn1nc2c(-c3ccc(Cl)cc3)c(-c3ccc(Cl)cc3)cnn2c1=O. The second-order valence-electron chi connectivity index (χ2n) is 8.15. The molecule has 0 aliphatic carbocycles. The standard InChI is InChI=1S/C25H17Cl3N4O3S/c1-36(34,35)22-12-20(28)11-6-17(22)14-31-25(33)32-24(30-31)23(16-4-9-19(27)10-5-16)21(13-29-32)15-2-7-18(26)8-3-15/h2-13H,14H2,1H3. The zero-order chi connectivity index (χ0) is 25.6. The third-order valence-corrected chi connectivity index (χ3v) is 7.57. The molecule has 0 saturated carbocycles. The number of benzene rings is 3. The summed E-state index contributed by atoms with van der Waals surface area (Å²) in [5.74, 6) is 0. The molecule has 3 aromatic carbocycles. The first kappa shape index (κ1) is 24.5. The van der Waals surface area contributed by atoms with E-state index in [1.54, 1.807) is 42.6 Å². The Morgan fingerprint density at radius 1 is 0.833 bits per heavy atom. The molecule has 0 atom stereocenters. The van der Waals surface area contributed by atoms with Gasteiger partial charge in [0.15, 0.2) is 15.5 Å². The summed E-state index contributed by atoms with van der Waals surface area (Å²) in [5, 5.41) is 10.4. The summed E-state index contributed by atoms with van der Waals surface area (Å²) in [6.45, 7) is -0.0852. The van der Waals surface area contributed by atoms with E-state index in [-0.39, 0.29) is 16.5 Å². The smallest absolute Gasteiger partial charge is 0.244 e. The summed E-state index contributed by atoms with van der Waals surface area (Å²) in [7, 11) is -3.59. The number of fused-ring (bicyclic) bond motifs is 1. The molecule has 0 aliphatic heterocycles. The van der Waals surface area contributed by atoms with Crippen LogP contribution in [-0.2, 0) is 16.4 Å². The summed E-state index contributed by atoms with van der Waals surface area (Å²) in [6, 6.07) is 18.9. The molecule has 7 nitrogen and oxygen atoms in total.